The van der Waals surface area contributed by atoms with Gasteiger partial charge in [0.05, 0.1) is 30.6 Å². The maximum atomic E-state index is 13.4. The molecule has 9 nitrogen and oxygen atoms in total. The largest absolute Gasteiger partial charge is 0.377 e. The van der Waals surface area contributed by atoms with Gasteiger partial charge in [-0.05, 0) is 32.4 Å². The minimum absolute atomic E-state index is 0.168. The Balaban J connectivity index is 1.49. The van der Waals surface area contributed by atoms with Crippen LogP contribution in [0.2, 0.25) is 0 Å². The van der Waals surface area contributed by atoms with Gasteiger partial charge in [0.25, 0.3) is 5.91 Å². The number of para-hydroxylation sites is 1. The first kappa shape index (κ1) is 18.8. The minimum atomic E-state index is -0.225. The molecule has 4 heterocycles. The molecule has 0 saturated carbocycles. The zero-order chi connectivity index (χ0) is 20.7. The molecule has 1 amide bonds. The number of anilines is 1. The summed E-state index contributed by atoms with van der Waals surface area (Å²) in [5.41, 5.74) is 3.91. The zero-order valence-electron chi connectivity index (χ0n) is 17.2. The molecule has 2 aliphatic rings. The molecule has 9 heteroatoms. The number of nitrogens with one attached hydrogen (secondary N) is 1. The van der Waals surface area contributed by atoms with Crippen molar-refractivity contribution in [2.24, 2.45) is 0 Å². The van der Waals surface area contributed by atoms with Crippen molar-refractivity contribution in [3.63, 3.8) is 0 Å². The van der Waals surface area contributed by atoms with Crippen LogP contribution in [-0.4, -0.2) is 61.7 Å². The number of rotatable bonds is 3. The number of aryl methyl sites for hydroxylation is 2. The van der Waals surface area contributed by atoms with Gasteiger partial charge < -0.3 is 15.0 Å². The van der Waals surface area contributed by atoms with Crippen LogP contribution in [0.25, 0.3) is 5.69 Å². The Kier molecular flexibility index (Phi) is 4.74. The molecule has 1 aromatic carbocycles. The number of nitrogens with zero attached hydrogens (tertiary/aromatic N) is 6. The Morgan fingerprint density at radius 3 is 2.80 bits per heavy atom. The van der Waals surface area contributed by atoms with Crippen LogP contribution in [0.4, 0.5) is 5.95 Å². The standard InChI is InChI=1S/C21H25N7O2/c1-14-18(15(2)28(24-14)16-7-4-3-5-8-16)17-13-30-12-11-26(17)20(29)19-23-21-22-9-6-10-27(21)25-19/h3-5,7-8,17H,6,9-13H2,1-2H3,(H,22,23,25). The van der Waals surface area contributed by atoms with E-state index in [0.717, 1.165) is 42.1 Å². The average molecular weight is 407 g/mol. The summed E-state index contributed by atoms with van der Waals surface area (Å²) in [4.78, 5) is 19.6. The minimum Gasteiger partial charge on any atom is -0.377 e. The molecule has 1 N–H and O–H groups in total. The average Bonchev–Trinajstić information content (AvgIpc) is 3.34. The van der Waals surface area contributed by atoms with E-state index in [1.165, 1.54) is 0 Å². The molecule has 0 radical (unpaired) electrons. The van der Waals surface area contributed by atoms with Crippen molar-refractivity contribution in [1.29, 1.82) is 0 Å². The Labute approximate surface area is 174 Å². The summed E-state index contributed by atoms with van der Waals surface area (Å²) >= 11 is 0. The lowest BCUT2D eigenvalue weighted by Crippen LogP contribution is -2.44. The first-order chi connectivity index (χ1) is 14.6. The number of benzene rings is 1. The quantitative estimate of drug-likeness (QED) is 0.715. The lowest BCUT2D eigenvalue weighted by molar-refractivity contribution is -0.00369. The molecule has 0 bridgehead atoms. The smallest absolute Gasteiger partial charge is 0.294 e. The number of carbonyl (C=O) groups excluding carboxylic acids is 1. The molecule has 0 aliphatic carbocycles. The summed E-state index contributed by atoms with van der Waals surface area (Å²) in [6.45, 7) is 7.07. The molecular weight excluding hydrogens is 382 g/mol. The van der Waals surface area contributed by atoms with E-state index >= 15 is 0 Å². The van der Waals surface area contributed by atoms with Crippen LogP contribution in [0.3, 0.4) is 0 Å². The molecule has 1 fully saturated rings. The number of carbonyl (C=O) groups is 1. The number of hydrogen-bond donors (Lipinski definition) is 1. The summed E-state index contributed by atoms with van der Waals surface area (Å²) < 4.78 is 9.47. The summed E-state index contributed by atoms with van der Waals surface area (Å²) in [6.07, 6.45) is 0.973. The van der Waals surface area contributed by atoms with Crippen LogP contribution >= 0.6 is 0 Å². The Morgan fingerprint density at radius 2 is 2.00 bits per heavy atom. The highest BCUT2D eigenvalue weighted by molar-refractivity contribution is 5.91. The molecule has 5 rings (SSSR count). The monoisotopic (exact) mass is 407 g/mol. The van der Waals surface area contributed by atoms with Gasteiger partial charge in [-0.25, -0.2) is 9.36 Å². The number of amides is 1. The van der Waals surface area contributed by atoms with Gasteiger partial charge in [-0.15, -0.1) is 5.10 Å². The van der Waals surface area contributed by atoms with Crippen molar-refractivity contribution in [2.75, 3.05) is 31.6 Å². The van der Waals surface area contributed by atoms with Gasteiger partial charge in [-0.2, -0.15) is 10.1 Å². The SMILES string of the molecule is Cc1nn(-c2ccccc2)c(C)c1C1COCCN1C(=O)c1nc2n(n1)CCCN2. The molecule has 2 aromatic heterocycles. The summed E-state index contributed by atoms with van der Waals surface area (Å²) in [6, 6.07) is 9.79. The predicted octanol–water partition coefficient (Wildman–Crippen LogP) is 2.11. The highest BCUT2D eigenvalue weighted by Gasteiger charge is 2.35. The van der Waals surface area contributed by atoms with Gasteiger partial charge in [-0.3, -0.25) is 4.79 Å². The van der Waals surface area contributed by atoms with Crippen molar-refractivity contribution < 1.29 is 9.53 Å². The molecule has 1 saturated heterocycles. The molecule has 3 aromatic rings. The van der Waals surface area contributed by atoms with Gasteiger partial charge in [0.2, 0.25) is 11.8 Å². The number of fused-ring (bicyclic) bond motifs is 1. The number of hydrogen-bond acceptors (Lipinski definition) is 6. The van der Waals surface area contributed by atoms with Gasteiger partial charge in [-0.1, -0.05) is 18.2 Å². The Hall–Kier alpha value is -3.20. The predicted molar refractivity (Wildman–Crippen MR) is 111 cm³/mol. The fourth-order valence-electron chi connectivity index (χ4n) is 4.32. The first-order valence-electron chi connectivity index (χ1n) is 10.3. The van der Waals surface area contributed by atoms with E-state index in [0.29, 0.717) is 25.7 Å². The summed E-state index contributed by atoms with van der Waals surface area (Å²) in [7, 11) is 0. The molecular formula is C21H25N7O2. The third-order valence-corrected chi connectivity index (χ3v) is 5.76. The fraction of sp³-hybridized carbons (Fsp3) is 0.429. The second kappa shape index (κ2) is 7.56. The van der Waals surface area contributed by atoms with E-state index in [2.05, 4.69) is 15.4 Å². The first-order valence-corrected chi connectivity index (χ1v) is 10.3. The lowest BCUT2D eigenvalue weighted by Gasteiger charge is -2.35. The van der Waals surface area contributed by atoms with E-state index in [4.69, 9.17) is 9.84 Å². The molecule has 0 spiro atoms. The van der Waals surface area contributed by atoms with E-state index in [-0.39, 0.29) is 17.8 Å². The van der Waals surface area contributed by atoms with E-state index < -0.39 is 0 Å². The molecule has 2 aliphatic heterocycles. The van der Waals surface area contributed by atoms with Crippen molar-refractivity contribution in [2.45, 2.75) is 32.9 Å². The van der Waals surface area contributed by atoms with Gasteiger partial charge in [0.1, 0.15) is 0 Å². The third-order valence-electron chi connectivity index (χ3n) is 5.76. The second-order valence-corrected chi connectivity index (χ2v) is 7.68. The molecule has 1 atom stereocenters. The third kappa shape index (κ3) is 3.15. The molecule has 1 unspecified atom stereocenters. The zero-order valence-corrected chi connectivity index (χ0v) is 17.2. The van der Waals surface area contributed by atoms with Crippen LogP contribution in [-0.2, 0) is 11.3 Å². The van der Waals surface area contributed by atoms with E-state index in [1.807, 2.05) is 53.8 Å². The van der Waals surface area contributed by atoms with Gasteiger partial charge >= 0.3 is 0 Å². The van der Waals surface area contributed by atoms with Gasteiger partial charge in [0.15, 0.2) is 0 Å². The lowest BCUT2D eigenvalue weighted by atomic mass is 10.0. The molecule has 30 heavy (non-hydrogen) atoms. The van der Waals surface area contributed by atoms with Crippen LogP contribution in [0, 0.1) is 13.8 Å². The maximum absolute atomic E-state index is 13.4. The number of morpholine rings is 1. The van der Waals surface area contributed by atoms with Crippen LogP contribution < -0.4 is 5.32 Å². The van der Waals surface area contributed by atoms with Crippen LogP contribution in [0.5, 0.6) is 0 Å². The maximum Gasteiger partial charge on any atom is 0.294 e. The second-order valence-electron chi connectivity index (χ2n) is 7.68. The van der Waals surface area contributed by atoms with Crippen LogP contribution in [0.1, 0.15) is 40.0 Å². The van der Waals surface area contributed by atoms with Crippen molar-refractivity contribution in [3.8, 4) is 5.69 Å². The van der Waals surface area contributed by atoms with Crippen molar-refractivity contribution >= 4 is 11.9 Å². The Bertz CT molecular complexity index is 1050. The van der Waals surface area contributed by atoms with Crippen molar-refractivity contribution in [1.82, 2.24) is 29.4 Å². The Morgan fingerprint density at radius 1 is 1.17 bits per heavy atom. The van der Waals surface area contributed by atoms with Crippen molar-refractivity contribution in [3.05, 3.63) is 53.1 Å². The fourth-order valence-corrected chi connectivity index (χ4v) is 4.32. The summed E-state index contributed by atoms with van der Waals surface area (Å²) in [5, 5.41) is 12.4. The number of aromatic nitrogens is 5. The van der Waals surface area contributed by atoms with Gasteiger partial charge in [0, 0.05) is 30.9 Å². The number of ether oxygens (including phenoxy) is 1. The topological polar surface area (TPSA) is 90.1 Å². The summed E-state index contributed by atoms with van der Waals surface area (Å²) in [5.74, 6) is 0.731. The molecule has 156 valence electrons. The van der Waals surface area contributed by atoms with Crippen LogP contribution in [0.15, 0.2) is 30.3 Å². The normalized spacial score (nSPS) is 18.7. The van der Waals surface area contributed by atoms with E-state index in [9.17, 15) is 4.79 Å². The highest BCUT2D eigenvalue weighted by atomic mass is 16.5. The highest BCUT2D eigenvalue weighted by Crippen LogP contribution is 2.31. The van der Waals surface area contributed by atoms with E-state index in [1.54, 1.807) is 4.68 Å².